The van der Waals surface area contributed by atoms with Gasteiger partial charge in [0.05, 0.1) is 37.4 Å². The number of anilines is 2. The van der Waals surface area contributed by atoms with Gasteiger partial charge in [-0.3, -0.25) is 0 Å². The lowest BCUT2D eigenvalue weighted by atomic mass is 10.1. The fourth-order valence-electron chi connectivity index (χ4n) is 3.25. The Hall–Kier alpha value is -3.84. The number of nitrogens with zero attached hydrogens (tertiary/aromatic N) is 2. The summed E-state index contributed by atoms with van der Waals surface area (Å²) in [5.74, 6) is 1.73. The summed E-state index contributed by atoms with van der Waals surface area (Å²) in [6.07, 6.45) is 0. The van der Waals surface area contributed by atoms with Crippen molar-refractivity contribution in [3.8, 4) is 22.9 Å². The van der Waals surface area contributed by atoms with Crippen LogP contribution in [0.2, 0.25) is 5.02 Å². The van der Waals surface area contributed by atoms with Crippen molar-refractivity contribution >= 4 is 40.0 Å². The van der Waals surface area contributed by atoms with Gasteiger partial charge in [-0.05, 0) is 30.3 Å². The first-order valence-corrected chi connectivity index (χ1v) is 10.1. The van der Waals surface area contributed by atoms with E-state index >= 15 is 0 Å². The summed E-state index contributed by atoms with van der Waals surface area (Å²) in [6.45, 7) is 0. The van der Waals surface area contributed by atoms with Gasteiger partial charge >= 0.3 is 5.97 Å². The van der Waals surface area contributed by atoms with Crippen molar-refractivity contribution in [2.45, 2.75) is 0 Å². The van der Waals surface area contributed by atoms with Crippen LogP contribution in [0, 0.1) is 0 Å². The number of hydrogen-bond acceptors (Lipinski definition) is 7. The standard InChI is InChI=1S/C24H20ClN3O4/c1-30-16-11-15(12-17(13-16)31-2)26-23-19-10-14(24(29)32-3)8-9-21(19)27-22(28-23)18-6-4-5-7-20(18)25/h4-13H,1-3H3,(H,26,27,28). The molecule has 4 aromatic rings. The van der Waals surface area contributed by atoms with E-state index in [0.717, 1.165) is 0 Å². The summed E-state index contributed by atoms with van der Waals surface area (Å²) in [5, 5.41) is 4.48. The first-order chi connectivity index (χ1) is 15.5. The highest BCUT2D eigenvalue weighted by Crippen LogP contribution is 2.33. The van der Waals surface area contributed by atoms with Gasteiger partial charge in [0.15, 0.2) is 5.82 Å². The lowest BCUT2D eigenvalue weighted by Crippen LogP contribution is -2.04. The molecule has 4 rings (SSSR count). The van der Waals surface area contributed by atoms with Gasteiger partial charge in [-0.25, -0.2) is 14.8 Å². The smallest absolute Gasteiger partial charge is 0.337 e. The fraction of sp³-hybridized carbons (Fsp3) is 0.125. The Kier molecular flexibility index (Phi) is 6.09. The zero-order valence-corrected chi connectivity index (χ0v) is 18.4. The van der Waals surface area contributed by atoms with Crippen LogP contribution in [0.25, 0.3) is 22.3 Å². The Morgan fingerprint density at radius 1 is 0.906 bits per heavy atom. The highest BCUT2D eigenvalue weighted by molar-refractivity contribution is 6.33. The number of rotatable bonds is 6. The number of esters is 1. The highest BCUT2D eigenvalue weighted by Gasteiger charge is 2.15. The molecule has 0 aliphatic rings. The third-order valence-electron chi connectivity index (χ3n) is 4.85. The average Bonchev–Trinajstić information content (AvgIpc) is 2.83. The maximum Gasteiger partial charge on any atom is 0.337 e. The molecule has 0 radical (unpaired) electrons. The second-order valence-electron chi connectivity index (χ2n) is 6.83. The first-order valence-electron chi connectivity index (χ1n) is 9.67. The van der Waals surface area contributed by atoms with E-state index in [4.69, 9.17) is 30.8 Å². The lowest BCUT2D eigenvalue weighted by molar-refractivity contribution is 0.0601. The second-order valence-corrected chi connectivity index (χ2v) is 7.23. The zero-order chi connectivity index (χ0) is 22.7. The number of halogens is 1. The molecule has 0 unspecified atom stereocenters. The molecule has 162 valence electrons. The van der Waals surface area contributed by atoms with Crippen LogP contribution < -0.4 is 14.8 Å². The van der Waals surface area contributed by atoms with Crippen molar-refractivity contribution < 1.29 is 19.0 Å². The van der Waals surface area contributed by atoms with Crippen LogP contribution in [-0.2, 0) is 4.74 Å². The van der Waals surface area contributed by atoms with Gasteiger partial charge in [0, 0.05) is 34.8 Å². The number of nitrogens with one attached hydrogen (secondary N) is 1. The number of ether oxygens (including phenoxy) is 3. The van der Waals surface area contributed by atoms with Crippen LogP contribution in [0.4, 0.5) is 11.5 Å². The van der Waals surface area contributed by atoms with E-state index in [-0.39, 0.29) is 0 Å². The monoisotopic (exact) mass is 449 g/mol. The molecule has 3 aromatic carbocycles. The number of benzene rings is 3. The first kappa shape index (κ1) is 21.4. The van der Waals surface area contributed by atoms with Crippen LogP contribution in [0.1, 0.15) is 10.4 Å². The Morgan fingerprint density at radius 2 is 1.62 bits per heavy atom. The Balaban J connectivity index is 1.91. The summed E-state index contributed by atoms with van der Waals surface area (Å²) in [6, 6.07) is 17.9. The van der Waals surface area contributed by atoms with Gasteiger partial charge < -0.3 is 19.5 Å². The van der Waals surface area contributed by atoms with Crippen molar-refractivity contribution in [3.63, 3.8) is 0 Å². The van der Waals surface area contributed by atoms with Gasteiger partial charge in [0.1, 0.15) is 17.3 Å². The predicted octanol–water partition coefficient (Wildman–Crippen LogP) is 5.50. The summed E-state index contributed by atoms with van der Waals surface area (Å²) in [4.78, 5) is 21.5. The summed E-state index contributed by atoms with van der Waals surface area (Å²) >= 11 is 6.39. The minimum absolute atomic E-state index is 0.389. The minimum Gasteiger partial charge on any atom is -0.497 e. The van der Waals surface area contributed by atoms with Gasteiger partial charge in [0.2, 0.25) is 0 Å². The number of hydrogen-bond donors (Lipinski definition) is 1. The van der Waals surface area contributed by atoms with Gasteiger partial charge in [0.25, 0.3) is 0 Å². The molecule has 0 bridgehead atoms. The molecule has 32 heavy (non-hydrogen) atoms. The molecule has 7 nitrogen and oxygen atoms in total. The van der Waals surface area contributed by atoms with Gasteiger partial charge in [-0.1, -0.05) is 23.7 Å². The molecular formula is C24H20ClN3O4. The van der Waals surface area contributed by atoms with Crippen LogP contribution >= 0.6 is 11.6 Å². The second kappa shape index (κ2) is 9.11. The van der Waals surface area contributed by atoms with E-state index in [1.54, 1.807) is 44.6 Å². The Morgan fingerprint density at radius 3 is 2.28 bits per heavy atom. The molecule has 0 aliphatic carbocycles. The van der Waals surface area contributed by atoms with Crippen molar-refractivity contribution in [1.29, 1.82) is 0 Å². The molecule has 1 heterocycles. The summed E-state index contributed by atoms with van der Waals surface area (Å²) in [5.41, 5.74) is 2.41. The molecule has 1 aromatic heterocycles. The topological polar surface area (TPSA) is 82.6 Å². The van der Waals surface area contributed by atoms with Crippen molar-refractivity contribution in [2.75, 3.05) is 26.6 Å². The van der Waals surface area contributed by atoms with E-state index in [0.29, 0.717) is 55.9 Å². The molecular weight excluding hydrogens is 430 g/mol. The molecule has 0 saturated carbocycles. The van der Waals surface area contributed by atoms with E-state index in [1.807, 2.05) is 30.3 Å². The van der Waals surface area contributed by atoms with Crippen molar-refractivity contribution in [2.24, 2.45) is 0 Å². The van der Waals surface area contributed by atoms with Crippen LogP contribution in [0.15, 0.2) is 60.7 Å². The Labute approximate surface area is 189 Å². The average molecular weight is 450 g/mol. The number of aromatic nitrogens is 2. The number of carbonyl (C=O) groups excluding carboxylic acids is 1. The number of fused-ring (bicyclic) bond motifs is 1. The van der Waals surface area contributed by atoms with Gasteiger partial charge in [-0.2, -0.15) is 0 Å². The highest BCUT2D eigenvalue weighted by atomic mass is 35.5. The SMILES string of the molecule is COC(=O)c1ccc2nc(-c3ccccc3Cl)nc(Nc3cc(OC)cc(OC)c3)c2c1. The van der Waals surface area contributed by atoms with Crippen LogP contribution in [0.3, 0.4) is 0 Å². The molecule has 0 spiro atoms. The van der Waals surface area contributed by atoms with Crippen LogP contribution in [-0.4, -0.2) is 37.3 Å². The molecule has 8 heteroatoms. The summed E-state index contributed by atoms with van der Waals surface area (Å²) < 4.78 is 15.6. The quantitative estimate of drug-likeness (QED) is 0.389. The predicted molar refractivity (Wildman–Crippen MR) is 124 cm³/mol. The van der Waals surface area contributed by atoms with E-state index in [2.05, 4.69) is 10.3 Å². The third kappa shape index (κ3) is 4.29. The van der Waals surface area contributed by atoms with Crippen LogP contribution in [0.5, 0.6) is 11.5 Å². The lowest BCUT2D eigenvalue weighted by Gasteiger charge is -2.14. The maximum atomic E-state index is 12.1. The van der Waals surface area contributed by atoms with E-state index < -0.39 is 5.97 Å². The molecule has 0 amide bonds. The maximum absolute atomic E-state index is 12.1. The molecule has 0 fully saturated rings. The van der Waals surface area contributed by atoms with Crippen molar-refractivity contribution in [3.05, 3.63) is 71.2 Å². The fourth-order valence-corrected chi connectivity index (χ4v) is 3.47. The Bertz CT molecular complexity index is 1290. The minimum atomic E-state index is -0.448. The van der Waals surface area contributed by atoms with E-state index in [9.17, 15) is 4.79 Å². The normalized spacial score (nSPS) is 10.6. The van der Waals surface area contributed by atoms with Crippen molar-refractivity contribution in [1.82, 2.24) is 9.97 Å². The molecule has 0 saturated heterocycles. The van der Waals surface area contributed by atoms with Gasteiger partial charge in [-0.15, -0.1) is 0 Å². The number of carbonyl (C=O) groups is 1. The molecule has 1 N–H and O–H groups in total. The number of methoxy groups -OCH3 is 3. The molecule has 0 aliphatic heterocycles. The zero-order valence-electron chi connectivity index (χ0n) is 17.7. The third-order valence-corrected chi connectivity index (χ3v) is 5.18. The van der Waals surface area contributed by atoms with E-state index in [1.165, 1.54) is 7.11 Å². The largest absolute Gasteiger partial charge is 0.497 e. The molecule has 0 atom stereocenters. The summed E-state index contributed by atoms with van der Waals surface area (Å²) in [7, 11) is 4.50.